The van der Waals surface area contributed by atoms with Crippen LogP contribution in [0.2, 0.25) is 0 Å². The van der Waals surface area contributed by atoms with Gasteiger partial charge in [-0.25, -0.2) is 0 Å². The van der Waals surface area contributed by atoms with Crippen molar-refractivity contribution in [1.82, 2.24) is 0 Å². The van der Waals surface area contributed by atoms with Gasteiger partial charge in [-0.05, 0) is 105 Å². The maximum atomic E-state index is 6.91. The highest BCUT2D eigenvalue weighted by molar-refractivity contribution is 6.20. The first kappa shape index (κ1) is 34.9. The van der Waals surface area contributed by atoms with Crippen LogP contribution in [0.15, 0.2) is 233 Å². The predicted molar refractivity (Wildman–Crippen MR) is 255 cm³/mol. The lowest BCUT2D eigenvalue weighted by atomic mass is 9.93. The summed E-state index contributed by atoms with van der Waals surface area (Å²) in [5.74, 6) is 0. The normalized spacial score (nSPS) is 11.6. The van der Waals surface area contributed by atoms with E-state index in [9.17, 15) is 0 Å². The SMILES string of the molecule is c1ccc(-c2ccc(-c3cc4c5cccc(-c6ccc(N(c7ccccc7)c7ccc(-c8ccc9c(c8)oc8ccccc89)cc7)cc6)c5oc4c4ccccc34)cc2)cc1. The molecule has 2 heterocycles. The Morgan fingerprint density at radius 2 is 0.738 bits per heavy atom. The highest BCUT2D eigenvalue weighted by atomic mass is 16.3. The van der Waals surface area contributed by atoms with Gasteiger partial charge in [-0.3, -0.25) is 0 Å². The second-order valence-electron chi connectivity index (χ2n) is 15.6. The molecule has 286 valence electrons. The van der Waals surface area contributed by atoms with E-state index in [2.05, 4.69) is 217 Å². The molecule has 10 aromatic carbocycles. The first-order valence-electron chi connectivity index (χ1n) is 20.7. The van der Waals surface area contributed by atoms with Gasteiger partial charge in [0.1, 0.15) is 22.3 Å². The van der Waals surface area contributed by atoms with Crippen molar-refractivity contribution in [2.24, 2.45) is 0 Å². The van der Waals surface area contributed by atoms with Crippen LogP contribution in [0.1, 0.15) is 0 Å². The Kier molecular flexibility index (Phi) is 8.17. The zero-order valence-electron chi connectivity index (χ0n) is 33.1. The molecular formula is C58H37NO2. The first-order chi connectivity index (χ1) is 30.2. The van der Waals surface area contributed by atoms with E-state index < -0.39 is 0 Å². The van der Waals surface area contributed by atoms with Crippen LogP contribution in [0.25, 0.3) is 99.2 Å². The van der Waals surface area contributed by atoms with Crippen LogP contribution in [0.3, 0.4) is 0 Å². The topological polar surface area (TPSA) is 29.5 Å². The minimum absolute atomic E-state index is 0.892. The molecule has 0 unspecified atom stereocenters. The predicted octanol–water partition coefficient (Wildman–Crippen LogP) is 16.8. The number of anilines is 3. The quantitative estimate of drug-likeness (QED) is 0.161. The molecule has 0 atom stereocenters. The zero-order valence-corrected chi connectivity index (χ0v) is 33.1. The van der Waals surface area contributed by atoms with Crippen LogP contribution in [0.4, 0.5) is 17.1 Å². The summed E-state index contributed by atoms with van der Waals surface area (Å²) in [7, 11) is 0. The molecule has 0 saturated heterocycles. The van der Waals surface area contributed by atoms with Crippen molar-refractivity contribution in [2.45, 2.75) is 0 Å². The van der Waals surface area contributed by atoms with Gasteiger partial charge >= 0.3 is 0 Å². The van der Waals surface area contributed by atoms with Crippen molar-refractivity contribution in [1.29, 1.82) is 0 Å². The molecule has 61 heavy (non-hydrogen) atoms. The molecule has 0 saturated carbocycles. The molecular weight excluding hydrogens is 743 g/mol. The van der Waals surface area contributed by atoms with E-state index in [-0.39, 0.29) is 0 Å². The number of para-hydroxylation sites is 3. The van der Waals surface area contributed by atoms with E-state index in [1.807, 2.05) is 12.1 Å². The fourth-order valence-electron chi connectivity index (χ4n) is 9.08. The minimum atomic E-state index is 0.892. The number of fused-ring (bicyclic) bond motifs is 8. The molecule has 0 N–H and O–H groups in total. The Morgan fingerprint density at radius 3 is 1.49 bits per heavy atom. The van der Waals surface area contributed by atoms with E-state index in [0.717, 1.165) is 88.6 Å². The van der Waals surface area contributed by atoms with Gasteiger partial charge in [0, 0.05) is 49.6 Å². The first-order valence-corrected chi connectivity index (χ1v) is 20.7. The molecule has 0 amide bonds. The smallest absolute Gasteiger partial charge is 0.143 e. The molecule has 12 aromatic rings. The Hall–Kier alpha value is -8.14. The zero-order chi connectivity index (χ0) is 40.3. The van der Waals surface area contributed by atoms with Crippen LogP contribution in [-0.2, 0) is 0 Å². The van der Waals surface area contributed by atoms with Crippen LogP contribution in [0, 0.1) is 0 Å². The van der Waals surface area contributed by atoms with Gasteiger partial charge in [-0.1, -0.05) is 164 Å². The summed E-state index contributed by atoms with van der Waals surface area (Å²) < 4.78 is 13.1. The fourth-order valence-corrected chi connectivity index (χ4v) is 9.08. The molecule has 0 aliphatic rings. The molecule has 3 nitrogen and oxygen atoms in total. The second kappa shape index (κ2) is 14.3. The third-order valence-electron chi connectivity index (χ3n) is 12.1. The summed E-state index contributed by atoms with van der Waals surface area (Å²) in [4.78, 5) is 2.30. The van der Waals surface area contributed by atoms with E-state index >= 15 is 0 Å². The fraction of sp³-hybridized carbons (Fsp3) is 0. The van der Waals surface area contributed by atoms with Crippen molar-refractivity contribution in [3.63, 3.8) is 0 Å². The molecule has 3 heteroatoms. The molecule has 0 spiro atoms. The summed E-state index contributed by atoms with van der Waals surface area (Å²) in [6.45, 7) is 0. The summed E-state index contributed by atoms with van der Waals surface area (Å²) in [5, 5.41) is 6.78. The van der Waals surface area contributed by atoms with Gasteiger partial charge in [0.2, 0.25) is 0 Å². The number of benzene rings is 10. The number of rotatable bonds is 7. The number of hydrogen-bond acceptors (Lipinski definition) is 3. The Balaban J connectivity index is 0.904. The van der Waals surface area contributed by atoms with Crippen molar-refractivity contribution < 1.29 is 8.83 Å². The van der Waals surface area contributed by atoms with Gasteiger partial charge < -0.3 is 13.7 Å². The summed E-state index contributed by atoms with van der Waals surface area (Å²) in [6, 6.07) is 79.7. The third kappa shape index (κ3) is 5.98. The minimum Gasteiger partial charge on any atom is -0.456 e. The Labute approximate surface area is 353 Å². The molecule has 0 aliphatic carbocycles. The standard InChI is InChI=1S/C58H37NO2/c1-3-12-38(13-4-1)39-22-24-42(25-23-39)53-37-54-52-20-11-19-47(57(52)61-58(54)51-18-8-7-16-48(51)53)41-28-33-46(34-29-41)59(44-14-5-2-6-15-44)45-31-26-40(27-32-45)43-30-35-50-49-17-9-10-21-55(49)60-56(50)36-43/h1-37H. The Morgan fingerprint density at radius 1 is 0.246 bits per heavy atom. The van der Waals surface area contributed by atoms with Crippen LogP contribution in [-0.4, -0.2) is 0 Å². The lowest BCUT2D eigenvalue weighted by Crippen LogP contribution is -2.09. The lowest BCUT2D eigenvalue weighted by Gasteiger charge is -2.26. The average molecular weight is 780 g/mol. The highest BCUT2D eigenvalue weighted by Gasteiger charge is 2.19. The monoisotopic (exact) mass is 779 g/mol. The molecule has 0 aliphatic heterocycles. The molecule has 12 rings (SSSR count). The van der Waals surface area contributed by atoms with Gasteiger partial charge in [-0.15, -0.1) is 0 Å². The molecule has 2 aromatic heterocycles. The van der Waals surface area contributed by atoms with E-state index in [1.54, 1.807) is 0 Å². The third-order valence-corrected chi connectivity index (χ3v) is 12.1. The van der Waals surface area contributed by atoms with Crippen LogP contribution < -0.4 is 4.90 Å². The van der Waals surface area contributed by atoms with Gasteiger partial charge in [-0.2, -0.15) is 0 Å². The molecule has 0 bridgehead atoms. The molecule has 0 fully saturated rings. The maximum absolute atomic E-state index is 6.91. The summed E-state index contributed by atoms with van der Waals surface area (Å²) in [6.07, 6.45) is 0. The summed E-state index contributed by atoms with van der Waals surface area (Å²) in [5.41, 5.74) is 16.1. The number of furan rings is 2. The highest BCUT2D eigenvalue weighted by Crippen LogP contribution is 2.44. The van der Waals surface area contributed by atoms with Crippen molar-refractivity contribution in [3.05, 3.63) is 224 Å². The number of nitrogens with zero attached hydrogens (tertiary/aromatic N) is 1. The van der Waals surface area contributed by atoms with Crippen LogP contribution >= 0.6 is 0 Å². The van der Waals surface area contributed by atoms with Gasteiger partial charge in [0.05, 0.1) is 0 Å². The van der Waals surface area contributed by atoms with Crippen molar-refractivity contribution in [3.8, 4) is 44.5 Å². The van der Waals surface area contributed by atoms with E-state index in [4.69, 9.17) is 8.83 Å². The van der Waals surface area contributed by atoms with Gasteiger partial charge in [0.25, 0.3) is 0 Å². The van der Waals surface area contributed by atoms with Gasteiger partial charge in [0.15, 0.2) is 0 Å². The molecule has 0 radical (unpaired) electrons. The maximum Gasteiger partial charge on any atom is 0.143 e. The van der Waals surface area contributed by atoms with Crippen molar-refractivity contribution in [2.75, 3.05) is 4.90 Å². The average Bonchev–Trinajstić information content (AvgIpc) is 3.91. The number of hydrogen-bond donors (Lipinski definition) is 0. The summed E-state index contributed by atoms with van der Waals surface area (Å²) >= 11 is 0. The van der Waals surface area contributed by atoms with E-state index in [0.29, 0.717) is 0 Å². The second-order valence-corrected chi connectivity index (χ2v) is 15.6. The lowest BCUT2D eigenvalue weighted by molar-refractivity contribution is 0.669. The Bertz CT molecular complexity index is 3550. The van der Waals surface area contributed by atoms with E-state index in [1.165, 1.54) is 27.6 Å². The van der Waals surface area contributed by atoms with Crippen LogP contribution in [0.5, 0.6) is 0 Å². The van der Waals surface area contributed by atoms with Crippen molar-refractivity contribution >= 4 is 71.7 Å². The largest absolute Gasteiger partial charge is 0.456 e.